The van der Waals surface area contributed by atoms with Gasteiger partial charge in [0.2, 0.25) is 6.79 Å². The molecule has 0 aromatic carbocycles. The van der Waals surface area contributed by atoms with Crippen LogP contribution in [0.5, 0.6) is 0 Å². The minimum absolute atomic E-state index is 0.687. The van der Waals surface area contributed by atoms with Gasteiger partial charge in [-0.2, -0.15) is 0 Å². The van der Waals surface area contributed by atoms with E-state index in [1.54, 1.807) is 0 Å². The number of hydrogen-bond donors (Lipinski definition) is 0. The largest absolute Gasteiger partial charge is 0.348 e. The molecule has 0 N–H and O–H groups in total. The molecule has 0 saturated heterocycles. The fraction of sp³-hybridized carbons (Fsp3) is 0.857. The summed E-state index contributed by atoms with van der Waals surface area (Å²) < 4.78 is 9.80. The van der Waals surface area contributed by atoms with Crippen LogP contribution in [0, 0.1) is 6.79 Å². The van der Waals surface area contributed by atoms with Crippen molar-refractivity contribution >= 4 is 0 Å². The Bertz CT molecular complexity index is 40.2. The van der Waals surface area contributed by atoms with E-state index in [2.05, 4.69) is 6.92 Å². The molecule has 0 rings (SSSR count). The standard InChI is InChI=1S/C7H15O2/c1-3-5-6-9-7-8-4-2/h7H,3-6H2,1-2H3. The topological polar surface area (TPSA) is 18.5 Å². The van der Waals surface area contributed by atoms with Crippen LogP contribution in [0.3, 0.4) is 0 Å². The first-order chi connectivity index (χ1) is 4.41. The third-order valence-corrected chi connectivity index (χ3v) is 0.918. The molecule has 55 valence electrons. The van der Waals surface area contributed by atoms with E-state index in [9.17, 15) is 0 Å². The van der Waals surface area contributed by atoms with Crippen LogP contribution < -0.4 is 0 Å². The molecule has 0 saturated carbocycles. The quantitative estimate of drug-likeness (QED) is 0.513. The van der Waals surface area contributed by atoms with E-state index in [1.807, 2.05) is 6.92 Å². The maximum atomic E-state index is 4.97. The van der Waals surface area contributed by atoms with Crippen molar-refractivity contribution < 1.29 is 9.47 Å². The SMILES string of the molecule is CCCCO[CH]OCC. The molecular weight excluding hydrogens is 116 g/mol. The predicted molar refractivity (Wildman–Crippen MR) is 36.8 cm³/mol. The van der Waals surface area contributed by atoms with Crippen LogP contribution in [0.4, 0.5) is 0 Å². The fourth-order valence-corrected chi connectivity index (χ4v) is 0.392. The van der Waals surface area contributed by atoms with E-state index in [0.29, 0.717) is 6.61 Å². The van der Waals surface area contributed by atoms with Gasteiger partial charge in [-0.25, -0.2) is 0 Å². The molecule has 0 aromatic rings. The van der Waals surface area contributed by atoms with Crippen LogP contribution in [0.2, 0.25) is 0 Å². The van der Waals surface area contributed by atoms with Gasteiger partial charge in [0.25, 0.3) is 0 Å². The molecule has 0 heterocycles. The first-order valence-corrected chi connectivity index (χ1v) is 3.46. The highest BCUT2D eigenvalue weighted by molar-refractivity contribution is 4.33. The van der Waals surface area contributed by atoms with Gasteiger partial charge in [-0.15, -0.1) is 0 Å². The van der Waals surface area contributed by atoms with Gasteiger partial charge in [-0.1, -0.05) is 13.3 Å². The first kappa shape index (κ1) is 8.92. The molecule has 0 bridgehead atoms. The third-order valence-electron chi connectivity index (χ3n) is 0.918. The lowest BCUT2D eigenvalue weighted by Crippen LogP contribution is -1.94. The average molecular weight is 131 g/mol. The number of unbranched alkanes of at least 4 members (excludes halogenated alkanes) is 1. The molecule has 0 amide bonds. The van der Waals surface area contributed by atoms with Gasteiger partial charge in [0, 0.05) is 13.2 Å². The van der Waals surface area contributed by atoms with Crippen molar-refractivity contribution in [2.24, 2.45) is 0 Å². The highest BCUT2D eigenvalue weighted by Gasteiger charge is 1.85. The van der Waals surface area contributed by atoms with Gasteiger partial charge in [0.1, 0.15) is 0 Å². The number of ether oxygens (including phenoxy) is 2. The van der Waals surface area contributed by atoms with Crippen molar-refractivity contribution in [2.75, 3.05) is 13.2 Å². The van der Waals surface area contributed by atoms with Crippen molar-refractivity contribution in [2.45, 2.75) is 26.7 Å². The molecule has 2 nitrogen and oxygen atoms in total. The van der Waals surface area contributed by atoms with Crippen LogP contribution >= 0.6 is 0 Å². The Hall–Kier alpha value is -0.0800. The van der Waals surface area contributed by atoms with E-state index in [0.717, 1.165) is 13.0 Å². The average Bonchev–Trinajstić information content (AvgIpc) is 1.89. The first-order valence-electron chi connectivity index (χ1n) is 3.46. The molecule has 0 aromatic heterocycles. The lowest BCUT2D eigenvalue weighted by Gasteiger charge is -1.99. The summed E-state index contributed by atoms with van der Waals surface area (Å²) in [4.78, 5) is 0. The zero-order valence-corrected chi connectivity index (χ0v) is 6.22. The second-order valence-corrected chi connectivity index (χ2v) is 1.78. The maximum Gasteiger partial charge on any atom is 0.209 e. The van der Waals surface area contributed by atoms with E-state index in [-0.39, 0.29) is 0 Å². The lowest BCUT2D eigenvalue weighted by molar-refractivity contribution is 0.0250. The van der Waals surface area contributed by atoms with Crippen molar-refractivity contribution in [1.29, 1.82) is 0 Å². The van der Waals surface area contributed by atoms with Crippen LogP contribution in [0.15, 0.2) is 0 Å². The van der Waals surface area contributed by atoms with Crippen molar-refractivity contribution in [3.8, 4) is 0 Å². The maximum absolute atomic E-state index is 4.97. The van der Waals surface area contributed by atoms with Gasteiger partial charge >= 0.3 is 0 Å². The Morgan fingerprint density at radius 1 is 1.22 bits per heavy atom. The van der Waals surface area contributed by atoms with E-state index >= 15 is 0 Å². The summed E-state index contributed by atoms with van der Waals surface area (Å²) in [7, 11) is 0. The van der Waals surface area contributed by atoms with Crippen LogP contribution in [-0.4, -0.2) is 13.2 Å². The summed E-state index contributed by atoms with van der Waals surface area (Å²) in [6.45, 7) is 6.93. The van der Waals surface area contributed by atoms with Crippen molar-refractivity contribution in [1.82, 2.24) is 0 Å². The molecule has 1 radical (unpaired) electrons. The lowest BCUT2D eigenvalue weighted by atomic mass is 10.4. The molecule has 0 spiro atoms. The van der Waals surface area contributed by atoms with Crippen LogP contribution in [0.25, 0.3) is 0 Å². The van der Waals surface area contributed by atoms with Gasteiger partial charge in [-0.3, -0.25) is 0 Å². The van der Waals surface area contributed by atoms with E-state index < -0.39 is 0 Å². The summed E-state index contributed by atoms with van der Waals surface area (Å²) >= 11 is 0. The summed E-state index contributed by atoms with van der Waals surface area (Å²) in [6.07, 6.45) is 2.27. The van der Waals surface area contributed by atoms with Crippen molar-refractivity contribution in [3.63, 3.8) is 0 Å². The molecule has 0 aliphatic carbocycles. The summed E-state index contributed by atoms with van der Waals surface area (Å²) in [5.74, 6) is 0. The van der Waals surface area contributed by atoms with Crippen LogP contribution in [0.1, 0.15) is 26.7 Å². The zero-order chi connectivity index (χ0) is 6.95. The second-order valence-electron chi connectivity index (χ2n) is 1.78. The third kappa shape index (κ3) is 7.92. The molecule has 2 heteroatoms. The molecule has 9 heavy (non-hydrogen) atoms. The zero-order valence-electron chi connectivity index (χ0n) is 6.22. The second kappa shape index (κ2) is 7.92. The Balaban J connectivity index is 2.60. The van der Waals surface area contributed by atoms with Crippen LogP contribution in [-0.2, 0) is 9.47 Å². The fourth-order valence-electron chi connectivity index (χ4n) is 0.392. The summed E-state index contributed by atoms with van der Waals surface area (Å²) in [6, 6.07) is 0. The van der Waals surface area contributed by atoms with Gasteiger partial charge in [-0.05, 0) is 13.3 Å². The number of hydrogen-bond acceptors (Lipinski definition) is 2. The Morgan fingerprint density at radius 2 is 2.00 bits per heavy atom. The smallest absolute Gasteiger partial charge is 0.209 e. The Labute approximate surface area is 57.2 Å². The van der Waals surface area contributed by atoms with E-state index in [4.69, 9.17) is 9.47 Å². The van der Waals surface area contributed by atoms with Gasteiger partial charge < -0.3 is 9.47 Å². The Kier molecular flexibility index (Phi) is 7.85. The van der Waals surface area contributed by atoms with Gasteiger partial charge in [0.05, 0.1) is 0 Å². The molecule has 0 fully saturated rings. The molecule has 0 aliphatic rings. The minimum atomic E-state index is 0.687. The monoisotopic (exact) mass is 131 g/mol. The normalized spacial score (nSPS) is 10.0. The summed E-state index contributed by atoms with van der Waals surface area (Å²) in [5.41, 5.74) is 0. The summed E-state index contributed by atoms with van der Waals surface area (Å²) in [5, 5.41) is 0. The molecule has 0 aliphatic heterocycles. The number of rotatable bonds is 6. The van der Waals surface area contributed by atoms with E-state index in [1.165, 1.54) is 13.2 Å². The predicted octanol–water partition coefficient (Wildman–Crippen LogP) is 1.96. The molecular formula is C7H15O2. The van der Waals surface area contributed by atoms with Crippen molar-refractivity contribution in [3.05, 3.63) is 6.79 Å². The minimum Gasteiger partial charge on any atom is -0.348 e. The highest BCUT2D eigenvalue weighted by Crippen LogP contribution is 1.90. The molecule has 0 atom stereocenters. The highest BCUT2D eigenvalue weighted by atomic mass is 16.7. The Morgan fingerprint density at radius 3 is 2.56 bits per heavy atom. The molecule has 0 unspecified atom stereocenters. The van der Waals surface area contributed by atoms with Gasteiger partial charge in [0.15, 0.2) is 0 Å².